The molecule has 0 radical (unpaired) electrons. The molecule has 0 bridgehead atoms. The maximum atomic E-state index is 8.78. The van der Waals surface area contributed by atoms with E-state index in [-0.39, 0.29) is 0 Å². The Balaban J connectivity index is 3.08. The van der Waals surface area contributed by atoms with E-state index in [9.17, 15) is 0 Å². The minimum atomic E-state index is 0.291. The summed E-state index contributed by atoms with van der Waals surface area (Å²) in [5, 5.41) is 8.78. The minimum Gasteiger partial charge on any atom is -0.508 e. The van der Waals surface area contributed by atoms with Gasteiger partial charge >= 0.3 is 0 Å². The highest BCUT2D eigenvalue weighted by Crippen LogP contribution is 2.15. The van der Waals surface area contributed by atoms with Gasteiger partial charge in [0.05, 0.1) is 0 Å². The second kappa shape index (κ2) is 2.18. The number of rotatable bonds is 0. The molecule has 1 aromatic rings. The summed E-state index contributed by atoms with van der Waals surface area (Å²) in [4.78, 5) is 0. The molecule has 42 valence electrons. The van der Waals surface area contributed by atoms with Crippen LogP contribution in [0.25, 0.3) is 0 Å². The van der Waals surface area contributed by atoms with E-state index in [1.807, 2.05) is 6.07 Å². The highest BCUT2D eigenvalue weighted by molar-refractivity contribution is 9.10. The Kier molecular flexibility index (Phi) is 1.53. The summed E-state index contributed by atoms with van der Waals surface area (Å²) in [5.74, 6) is 0.291. The van der Waals surface area contributed by atoms with E-state index < -0.39 is 0 Å². The molecule has 0 spiro atoms. The van der Waals surface area contributed by atoms with Crippen molar-refractivity contribution in [3.63, 3.8) is 0 Å². The van der Waals surface area contributed by atoms with Crippen molar-refractivity contribution in [2.45, 2.75) is 0 Å². The van der Waals surface area contributed by atoms with Gasteiger partial charge in [0.15, 0.2) is 0 Å². The predicted octanol–water partition coefficient (Wildman–Crippen LogP) is 2.15. The van der Waals surface area contributed by atoms with Gasteiger partial charge in [-0.1, -0.05) is 22.0 Å². The van der Waals surface area contributed by atoms with Gasteiger partial charge in [-0.25, -0.2) is 0 Å². The Labute approximate surface area is 56.1 Å². The van der Waals surface area contributed by atoms with Gasteiger partial charge in [-0.05, 0) is 18.2 Å². The first-order valence-corrected chi connectivity index (χ1v) is 3.03. The lowest BCUT2D eigenvalue weighted by atomic mass is 12.3. The first-order chi connectivity index (χ1) is 3.79. The van der Waals surface area contributed by atoms with Crippen LogP contribution in [0.3, 0.4) is 0 Å². The van der Waals surface area contributed by atoms with Crippen LogP contribution in [0.2, 0.25) is 0 Å². The second-order valence-electron chi connectivity index (χ2n) is 1.48. The van der Waals surface area contributed by atoms with Crippen molar-refractivity contribution in [3.8, 4) is 5.75 Å². The lowest BCUT2D eigenvalue weighted by Crippen LogP contribution is -1.61. The number of phenolic OH excluding ortho intramolecular Hbond substituents is 1. The number of hydrogen-bond donors (Lipinski definition) is 1. The molecule has 1 nitrogen and oxygen atoms in total. The Morgan fingerprint density at radius 2 is 2.12 bits per heavy atom. The van der Waals surface area contributed by atoms with E-state index in [0.29, 0.717) is 5.75 Å². The van der Waals surface area contributed by atoms with E-state index in [2.05, 4.69) is 15.9 Å². The van der Waals surface area contributed by atoms with Gasteiger partial charge in [-0.2, -0.15) is 0 Å². The van der Waals surface area contributed by atoms with E-state index in [1.54, 1.807) is 18.2 Å². The van der Waals surface area contributed by atoms with Gasteiger partial charge in [-0.3, -0.25) is 0 Å². The van der Waals surface area contributed by atoms with E-state index >= 15 is 0 Å². The molecule has 0 fully saturated rings. The summed E-state index contributed by atoms with van der Waals surface area (Å²) in [6.07, 6.45) is 0. The average molecular weight is 185 g/mol. The molecule has 8 heavy (non-hydrogen) atoms. The summed E-state index contributed by atoms with van der Waals surface area (Å²) in [6.45, 7) is 0. The van der Waals surface area contributed by atoms with Crippen LogP contribution in [0.5, 0.6) is 5.75 Å². The maximum absolute atomic E-state index is 8.78. The molecular formula is C6H5BrO. The zero-order chi connectivity index (χ0) is 5.98. The van der Waals surface area contributed by atoms with Crippen LogP contribution >= 0.6 is 15.9 Å². The predicted molar refractivity (Wildman–Crippen MR) is 35.8 cm³/mol. The van der Waals surface area contributed by atoms with E-state index in [1.165, 1.54) is 0 Å². The summed E-state index contributed by atoms with van der Waals surface area (Å²) in [6, 6.07) is 6.91. The fourth-order valence-corrected chi connectivity index (χ4v) is 0.863. The summed E-state index contributed by atoms with van der Waals surface area (Å²) >= 11 is 3.20. The lowest BCUT2D eigenvalue weighted by molar-refractivity contribution is 0.475. The largest absolute Gasteiger partial charge is 0.508 e. The van der Waals surface area contributed by atoms with Crippen LogP contribution in [-0.4, -0.2) is 5.11 Å². The van der Waals surface area contributed by atoms with Gasteiger partial charge in [0, 0.05) is 4.47 Å². The quantitative estimate of drug-likeness (QED) is 0.656. The Bertz CT molecular complexity index is 168. The van der Waals surface area contributed by atoms with Crippen molar-refractivity contribution < 1.29 is 5.11 Å². The molecule has 0 saturated heterocycles. The van der Waals surface area contributed by atoms with Gasteiger partial charge in [0.2, 0.25) is 0 Å². The molecule has 0 amide bonds. The van der Waals surface area contributed by atoms with Crippen molar-refractivity contribution in [2.24, 2.45) is 0 Å². The molecule has 0 aliphatic heterocycles. The normalized spacial score (nSPS) is 9.12. The molecule has 0 atom stereocenters. The van der Waals surface area contributed by atoms with Gasteiger partial charge in [0.1, 0.15) is 5.75 Å². The lowest BCUT2D eigenvalue weighted by Gasteiger charge is -1.88. The monoisotopic (exact) mass is 184 g/mol. The number of phenols is 1. The molecule has 1 rings (SSSR count). The Hall–Kier alpha value is -0.500. The number of benzene rings is 1. The van der Waals surface area contributed by atoms with Crippen molar-refractivity contribution in [1.82, 2.24) is 0 Å². The molecule has 0 aliphatic rings. The third kappa shape index (κ3) is 1.23. The van der Waals surface area contributed by atoms with Gasteiger partial charge < -0.3 is 5.11 Å². The molecular weight excluding hydrogens is 180 g/mol. The van der Waals surface area contributed by atoms with Crippen LogP contribution in [0.4, 0.5) is 0 Å². The molecule has 0 aromatic heterocycles. The molecule has 1 N–H and O–H groups in total. The van der Waals surface area contributed by atoms with Crippen molar-refractivity contribution in [2.75, 3.05) is 0 Å². The van der Waals surface area contributed by atoms with Crippen LogP contribution in [0.1, 0.15) is 0 Å². The second-order valence-corrected chi connectivity index (χ2v) is 2.40. The highest BCUT2D eigenvalue weighted by atomic mass is 79.9. The SMILES string of the molecule is O[14c]1[14cH][14cH][14cH][14c](Br)[14cH]1. The van der Waals surface area contributed by atoms with Crippen molar-refractivity contribution >= 4 is 15.9 Å². The third-order valence-corrected chi connectivity index (χ3v) is 1.30. The highest BCUT2D eigenvalue weighted by Gasteiger charge is 1.84. The number of halogens is 1. The summed E-state index contributed by atoms with van der Waals surface area (Å²) in [5.41, 5.74) is 0. The summed E-state index contributed by atoms with van der Waals surface area (Å²) in [7, 11) is 0. The maximum Gasteiger partial charge on any atom is 0.116 e. The zero-order valence-corrected chi connectivity index (χ0v) is 5.72. The smallest absolute Gasteiger partial charge is 0.116 e. The topological polar surface area (TPSA) is 20.2 Å². The average Bonchev–Trinajstić information content (AvgIpc) is 1.64. The molecule has 1 aromatic carbocycles. The van der Waals surface area contributed by atoms with Gasteiger partial charge in [-0.15, -0.1) is 0 Å². The fourth-order valence-electron chi connectivity index (χ4n) is 0.476. The molecule has 2 heteroatoms. The third-order valence-electron chi connectivity index (χ3n) is 0.808. The number of aromatic hydroxyl groups is 1. The fraction of sp³-hybridized carbons (Fsp3) is 0. The van der Waals surface area contributed by atoms with Crippen LogP contribution in [0.15, 0.2) is 28.7 Å². The molecule has 0 heterocycles. The van der Waals surface area contributed by atoms with Crippen molar-refractivity contribution in [1.29, 1.82) is 0 Å². The minimum absolute atomic E-state index is 0.291. The van der Waals surface area contributed by atoms with Gasteiger partial charge in [0.25, 0.3) is 0 Å². The van der Waals surface area contributed by atoms with Crippen LogP contribution < -0.4 is 0 Å². The molecule has 0 saturated carbocycles. The summed E-state index contributed by atoms with van der Waals surface area (Å²) < 4.78 is 0.900. The van der Waals surface area contributed by atoms with E-state index in [4.69, 9.17) is 5.11 Å². The van der Waals surface area contributed by atoms with Crippen LogP contribution in [0, 0.1) is 0 Å². The first kappa shape index (κ1) is 5.63. The standard InChI is InChI=1S/C6H5BrO/c7-5-2-1-3-6(8)4-5/h1-4,8H/i1+2,2+2,3+2,4+2,5+2,6+2. The molecule has 0 aliphatic carbocycles. The Morgan fingerprint density at radius 1 is 1.38 bits per heavy atom. The van der Waals surface area contributed by atoms with Crippen LogP contribution in [-0.2, 0) is 0 Å². The zero-order valence-electron chi connectivity index (χ0n) is 4.13. The van der Waals surface area contributed by atoms with Crippen molar-refractivity contribution in [3.05, 3.63) is 28.7 Å². The first-order valence-electron chi connectivity index (χ1n) is 2.23. The Morgan fingerprint density at radius 3 is 2.50 bits per heavy atom. The number of hydrogen-bond acceptors (Lipinski definition) is 1. The van der Waals surface area contributed by atoms with E-state index in [0.717, 1.165) is 4.47 Å². The molecule has 0 unspecified atom stereocenters.